The fourth-order valence-corrected chi connectivity index (χ4v) is 2.94. The smallest absolute Gasteiger partial charge is 0.0594 e. The van der Waals surface area contributed by atoms with Crippen LogP contribution < -0.4 is 0 Å². The zero-order valence-corrected chi connectivity index (χ0v) is 11.6. The van der Waals surface area contributed by atoms with E-state index < -0.39 is 0 Å². The van der Waals surface area contributed by atoms with E-state index in [1.54, 1.807) is 0 Å². The van der Waals surface area contributed by atoms with Crippen LogP contribution in [0.2, 0.25) is 0 Å². The number of ether oxygens (including phenoxy) is 1. The Morgan fingerprint density at radius 3 is 2.35 bits per heavy atom. The maximum atomic E-state index is 5.41. The maximum absolute atomic E-state index is 5.41. The molecule has 0 radical (unpaired) electrons. The first-order chi connectivity index (χ1) is 8.28. The minimum Gasteiger partial charge on any atom is -0.379 e. The molecule has 1 aromatic rings. The van der Waals surface area contributed by atoms with Gasteiger partial charge in [0.15, 0.2) is 0 Å². The molecule has 0 N–H and O–H groups in total. The molecule has 2 aliphatic rings. The van der Waals surface area contributed by atoms with Gasteiger partial charge in [0.2, 0.25) is 0 Å². The van der Waals surface area contributed by atoms with E-state index in [2.05, 4.69) is 45.1 Å². The molecule has 0 bridgehead atoms. The molecular formula is C14H18BrNO. The number of hydrogen-bond donors (Lipinski definition) is 0. The molecule has 0 aromatic heterocycles. The van der Waals surface area contributed by atoms with E-state index in [1.165, 1.54) is 29.4 Å². The van der Waals surface area contributed by atoms with Crippen LogP contribution in [0.3, 0.4) is 0 Å². The summed E-state index contributed by atoms with van der Waals surface area (Å²) in [6.45, 7) is 5.20. The highest BCUT2D eigenvalue weighted by molar-refractivity contribution is 9.10. The molecule has 1 aliphatic heterocycles. The molecule has 0 spiro atoms. The summed E-state index contributed by atoms with van der Waals surface area (Å²) in [5.74, 6) is 0. The number of morpholine rings is 1. The first kappa shape index (κ1) is 11.7. The Kier molecular flexibility index (Phi) is 3.24. The van der Waals surface area contributed by atoms with Crippen LogP contribution in [0.5, 0.6) is 0 Å². The van der Waals surface area contributed by atoms with Crippen LogP contribution in [0.15, 0.2) is 28.7 Å². The van der Waals surface area contributed by atoms with Gasteiger partial charge in [0, 0.05) is 29.5 Å². The summed E-state index contributed by atoms with van der Waals surface area (Å²) in [4.78, 5) is 2.55. The lowest BCUT2D eigenvalue weighted by Gasteiger charge is -2.30. The van der Waals surface area contributed by atoms with Crippen LogP contribution >= 0.6 is 15.9 Å². The molecule has 1 saturated heterocycles. The largest absolute Gasteiger partial charge is 0.379 e. The molecule has 92 valence electrons. The highest BCUT2D eigenvalue weighted by atomic mass is 79.9. The first-order valence-electron chi connectivity index (χ1n) is 6.35. The highest BCUT2D eigenvalue weighted by Crippen LogP contribution is 2.48. The fourth-order valence-electron chi connectivity index (χ4n) is 2.68. The molecule has 3 rings (SSSR count). The van der Waals surface area contributed by atoms with Gasteiger partial charge in [-0.25, -0.2) is 0 Å². The molecule has 0 unspecified atom stereocenters. The van der Waals surface area contributed by atoms with Crippen molar-refractivity contribution in [1.82, 2.24) is 4.90 Å². The summed E-state index contributed by atoms with van der Waals surface area (Å²) in [6.07, 6.45) is 2.68. The van der Waals surface area contributed by atoms with Gasteiger partial charge in [0.05, 0.1) is 13.2 Å². The number of hydrogen-bond acceptors (Lipinski definition) is 2. The lowest BCUT2D eigenvalue weighted by molar-refractivity contribution is 0.0336. The lowest BCUT2D eigenvalue weighted by Crippen LogP contribution is -2.41. The lowest BCUT2D eigenvalue weighted by atomic mass is 9.95. The maximum Gasteiger partial charge on any atom is 0.0594 e. The third kappa shape index (κ3) is 2.56. The number of halogens is 1. The molecule has 2 fully saturated rings. The monoisotopic (exact) mass is 295 g/mol. The molecule has 2 nitrogen and oxygen atoms in total. The second kappa shape index (κ2) is 4.71. The van der Waals surface area contributed by atoms with E-state index in [-0.39, 0.29) is 0 Å². The quantitative estimate of drug-likeness (QED) is 0.850. The van der Waals surface area contributed by atoms with E-state index >= 15 is 0 Å². The predicted octanol–water partition coefficient (Wildman–Crippen LogP) is 2.81. The van der Waals surface area contributed by atoms with Gasteiger partial charge in [-0.2, -0.15) is 0 Å². The van der Waals surface area contributed by atoms with E-state index in [0.29, 0.717) is 5.41 Å². The van der Waals surface area contributed by atoms with Crippen molar-refractivity contribution < 1.29 is 4.74 Å². The Morgan fingerprint density at radius 2 is 1.76 bits per heavy atom. The van der Waals surface area contributed by atoms with Crippen molar-refractivity contribution in [3.8, 4) is 0 Å². The Hall–Kier alpha value is -0.380. The summed E-state index contributed by atoms with van der Waals surface area (Å²) >= 11 is 3.50. The Labute approximate surface area is 111 Å². The molecule has 3 heteroatoms. The minimum atomic E-state index is 0.442. The molecule has 1 aromatic carbocycles. The van der Waals surface area contributed by atoms with Crippen LogP contribution in [-0.4, -0.2) is 37.7 Å². The molecular weight excluding hydrogens is 278 g/mol. The average Bonchev–Trinajstić information content (AvgIpc) is 3.12. The van der Waals surface area contributed by atoms with Crippen LogP contribution in [0.25, 0.3) is 0 Å². The van der Waals surface area contributed by atoms with Crippen molar-refractivity contribution in [3.05, 3.63) is 34.3 Å². The first-order valence-corrected chi connectivity index (χ1v) is 7.14. The summed E-state index contributed by atoms with van der Waals surface area (Å²) in [6, 6.07) is 8.87. The average molecular weight is 296 g/mol. The van der Waals surface area contributed by atoms with E-state index in [9.17, 15) is 0 Å². The summed E-state index contributed by atoms with van der Waals surface area (Å²) in [5.41, 5.74) is 1.95. The van der Waals surface area contributed by atoms with Gasteiger partial charge in [0.25, 0.3) is 0 Å². The van der Waals surface area contributed by atoms with Gasteiger partial charge in [-0.3, -0.25) is 4.90 Å². The van der Waals surface area contributed by atoms with Gasteiger partial charge >= 0.3 is 0 Å². The van der Waals surface area contributed by atoms with Crippen LogP contribution in [-0.2, 0) is 10.2 Å². The normalized spacial score (nSPS) is 23.6. The second-order valence-electron chi connectivity index (χ2n) is 5.18. The summed E-state index contributed by atoms with van der Waals surface area (Å²) in [7, 11) is 0. The number of nitrogens with zero attached hydrogens (tertiary/aromatic N) is 1. The predicted molar refractivity (Wildman–Crippen MR) is 72.3 cm³/mol. The van der Waals surface area contributed by atoms with Gasteiger partial charge in [-0.1, -0.05) is 28.1 Å². The third-order valence-electron chi connectivity index (χ3n) is 3.94. The SMILES string of the molecule is Brc1ccc(C2(CN3CCOCC3)CC2)cc1. The number of benzene rings is 1. The molecule has 17 heavy (non-hydrogen) atoms. The van der Waals surface area contributed by atoms with E-state index in [1.807, 2.05) is 0 Å². The van der Waals surface area contributed by atoms with Crippen LogP contribution in [0.1, 0.15) is 18.4 Å². The van der Waals surface area contributed by atoms with Crippen molar-refractivity contribution in [3.63, 3.8) is 0 Å². The molecule has 1 saturated carbocycles. The number of rotatable bonds is 3. The molecule has 1 heterocycles. The molecule has 0 amide bonds. The van der Waals surface area contributed by atoms with Gasteiger partial charge in [-0.05, 0) is 30.5 Å². The molecule has 1 aliphatic carbocycles. The molecule has 0 atom stereocenters. The van der Waals surface area contributed by atoms with Crippen molar-refractivity contribution in [1.29, 1.82) is 0 Å². The second-order valence-corrected chi connectivity index (χ2v) is 6.09. The zero-order valence-electron chi connectivity index (χ0n) is 9.99. The van der Waals surface area contributed by atoms with E-state index in [0.717, 1.165) is 26.3 Å². The zero-order chi connectivity index (χ0) is 11.7. The Bertz CT molecular complexity index is 380. The highest BCUT2D eigenvalue weighted by Gasteiger charge is 2.45. The van der Waals surface area contributed by atoms with Crippen molar-refractivity contribution in [2.24, 2.45) is 0 Å². The summed E-state index contributed by atoms with van der Waals surface area (Å²) < 4.78 is 6.58. The topological polar surface area (TPSA) is 12.5 Å². The van der Waals surface area contributed by atoms with Crippen molar-refractivity contribution in [2.45, 2.75) is 18.3 Å². The van der Waals surface area contributed by atoms with Gasteiger partial charge in [0.1, 0.15) is 0 Å². The Balaban J connectivity index is 1.70. The van der Waals surface area contributed by atoms with Crippen LogP contribution in [0.4, 0.5) is 0 Å². The fraction of sp³-hybridized carbons (Fsp3) is 0.571. The third-order valence-corrected chi connectivity index (χ3v) is 4.47. The van der Waals surface area contributed by atoms with E-state index in [4.69, 9.17) is 4.74 Å². The van der Waals surface area contributed by atoms with Gasteiger partial charge < -0.3 is 4.74 Å². The van der Waals surface area contributed by atoms with Crippen LogP contribution in [0, 0.1) is 0 Å². The standard InChI is InChI=1S/C14H18BrNO/c15-13-3-1-12(2-4-13)14(5-6-14)11-16-7-9-17-10-8-16/h1-4H,5-11H2. The minimum absolute atomic E-state index is 0.442. The Morgan fingerprint density at radius 1 is 1.12 bits per heavy atom. The van der Waals surface area contributed by atoms with Gasteiger partial charge in [-0.15, -0.1) is 0 Å². The van der Waals surface area contributed by atoms with Crippen molar-refractivity contribution in [2.75, 3.05) is 32.8 Å². The van der Waals surface area contributed by atoms with Crippen molar-refractivity contribution >= 4 is 15.9 Å². The summed E-state index contributed by atoms with van der Waals surface area (Å²) in [5, 5.41) is 0.